The summed E-state index contributed by atoms with van der Waals surface area (Å²) in [6, 6.07) is 5.52. The SMILES string of the molecule is CCCS(=O)(=O)N1CCCC(C(=O)NCc2ccnc(-n3cccn3)c2)C1. The largest absolute Gasteiger partial charge is 0.352 e. The molecule has 0 saturated carbocycles. The summed E-state index contributed by atoms with van der Waals surface area (Å²) in [4.78, 5) is 16.8. The summed E-state index contributed by atoms with van der Waals surface area (Å²) in [5.41, 5.74) is 0.912. The van der Waals surface area contributed by atoms with Gasteiger partial charge >= 0.3 is 0 Å². The first-order chi connectivity index (χ1) is 13.0. The summed E-state index contributed by atoms with van der Waals surface area (Å²) in [5.74, 6) is 0.400. The summed E-state index contributed by atoms with van der Waals surface area (Å²) in [6.07, 6.45) is 7.16. The average Bonchev–Trinajstić information content (AvgIpc) is 3.21. The standard InChI is InChI=1S/C18H25N5O3S/c1-2-11-27(25,26)22-9-3-5-16(14-22)18(24)20-13-15-6-8-19-17(12-15)23-10-4-7-21-23/h4,6-8,10,12,16H,2-3,5,9,11,13-14H2,1H3,(H,20,24). The highest BCUT2D eigenvalue weighted by Crippen LogP contribution is 2.20. The highest BCUT2D eigenvalue weighted by atomic mass is 32.2. The molecule has 9 heteroatoms. The van der Waals surface area contributed by atoms with Gasteiger partial charge < -0.3 is 5.32 Å². The molecule has 0 aliphatic carbocycles. The van der Waals surface area contributed by atoms with Gasteiger partial charge in [-0.15, -0.1) is 0 Å². The van der Waals surface area contributed by atoms with E-state index in [0.717, 1.165) is 5.56 Å². The van der Waals surface area contributed by atoms with Crippen LogP contribution in [0, 0.1) is 5.92 Å². The summed E-state index contributed by atoms with van der Waals surface area (Å²) in [7, 11) is -3.26. The lowest BCUT2D eigenvalue weighted by Crippen LogP contribution is -2.45. The number of piperidine rings is 1. The van der Waals surface area contributed by atoms with E-state index in [9.17, 15) is 13.2 Å². The van der Waals surface area contributed by atoms with Crippen LogP contribution < -0.4 is 5.32 Å². The number of sulfonamides is 1. The average molecular weight is 391 g/mol. The first kappa shape index (κ1) is 19.5. The molecule has 0 radical (unpaired) electrons. The zero-order chi connectivity index (χ0) is 19.3. The van der Waals surface area contributed by atoms with E-state index < -0.39 is 10.0 Å². The summed E-state index contributed by atoms with van der Waals surface area (Å²) in [6.45, 7) is 2.98. The molecule has 0 aromatic carbocycles. The second-order valence-electron chi connectivity index (χ2n) is 6.70. The van der Waals surface area contributed by atoms with Crippen molar-refractivity contribution < 1.29 is 13.2 Å². The Bertz CT molecular complexity index is 867. The molecule has 2 aromatic heterocycles. The van der Waals surface area contributed by atoms with Crippen molar-refractivity contribution in [3.63, 3.8) is 0 Å². The Morgan fingerprint density at radius 1 is 1.37 bits per heavy atom. The van der Waals surface area contributed by atoms with Gasteiger partial charge in [0.2, 0.25) is 15.9 Å². The first-order valence-electron chi connectivity index (χ1n) is 9.20. The lowest BCUT2D eigenvalue weighted by molar-refractivity contribution is -0.126. The monoisotopic (exact) mass is 391 g/mol. The fourth-order valence-electron chi connectivity index (χ4n) is 3.23. The van der Waals surface area contributed by atoms with E-state index in [1.54, 1.807) is 23.3 Å². The molecule has 1 N–H and O–H groups in total. The summed E-state index contributed by atoms with van der Waals surface area (Å²) in [5, 5.41) is 7.07. The molecule has 1 aliphatic rings. The maximum atomic E-state index is 12.5. The van der Waals surface area contributed by atoms with E-state index in [1.807, 2.05) is 25.1 Å². The Labute approximate surface area is 159 Å². The van der Waals surface area contributed by atoms with Crippen LogP contribution >= 0.6 is 0 Å². The maximum Gasteiger partial charge on any atom is 0.224 e. The van der Waals surface area contributed by atoms with Crippen molar-refractivity contribution in [1.29, 1.82) is 0 Å². The number of hydrogen-bond acceptors (Lipinski definition) is 5. The quantitative estimate of drug-likeness (QED) is 0.768. The third kappa shape index (κ3) is 4.92. The van der Waals surface area contributed by atoms with Gasteiger partial charge in [-0.1, -0.05) is 6.92 Å². The smallest absolute Gasteiger partial charge is 0.224 e. The molecule has 27 heavy (non-hydrogen) atoms. The molecule has 1 saturated heterocycles. The third-order valence-corrected chi connectivity index (χ3v) is 6.67. The van der Waals surface area contributed by atoms with Gasteiger partial charge in [-0.2, -0.15) is 5.10 Å². The number of pyridine rings is 1. The van der Waals surface area contributed by atoms with Crippen LogP contribution in [-0.2, 0) is 21.4 Å². The van der Waals surface area contributed by atoms with Gasteiger partial charge in [0.05, 0.1) is 11.7 Å². The molecule has 8 nitrogen and oxygen atoms in total. The highest BCUT2D eigenvalue weighted by Gasteiger charge is 2.31. The minimum Gasteiger partial charge on any atom is -0.352 e. The first-order valence-corrected chi connectivity index (χ1v) is 10.8. The number of rotatable bonds is 7. The number of nitrogens with one attached hydrogen (secondary N) is 1. The molecular weight excluding hydrogens is 366 g/mol. The molecule has 1 aliphatic heterocycles. The molecule has 1 unspecified atom stereocenters. The summed E-state index contributed by atoms with van der Waals surface area (Å²) >= 11 is 0. The Balaban J connectivity index is 1.58. The predicted octanol–water partition coefficient (Wildman–Crippen LogP) is 1.34. The van der Waals surface area contributed by atoms with Crippen LogP contribution in [0.15, 0.2) is 36.8 Å². The predicted molar refractivity (Wildman–Crippen MR) is 102 cm³/mol. The van der Waals surface area contributed by atoms with E-state index in [2.05, 4.69) is 15.4 Å². The van der Waals surface area contributed by atoms with Gasteiger partial charge in [0, 0.05) is 38.2 Å². The van der Waals surface area contributed by atoms with Crippen molar-refractivity contribution in [3.05, 3.63) is 42.4 Å². The second-order valence-corrected chi connectivity index (χ2v) is 8.79. The minimum absolute atomic E-state index is 0.108. The molecule has 3 rings (SSSR count). The molecule has 1 atom stereocenters. The van der Waals surface area contributed by atoms with Gasteiger partial charge in [-0.3, -0.25) is 4.79 Å². The fourth-order valence-corrected chi connectivity index (χ4v) is 4.82. The summed E-state index contributed by atoms with van der Waals surface area (Å²) < 4.78 is 27.6. The van der Waals surface area contributed by atoms with Crippen molar-refractivity contribution in [2.45, 2.75) is 32.7 Å². The van der Waals surface area contributed by atoms with Gasteiger partial charge in [0.25, 0.3) is 0 Å². The van der Waals surface area contributed by atoms with E-state index in [0.29, 0.717) is 38.2 Å². The van der Waals surface area contributed by atoms with Crippen molar-refractivity contribution in [3.8, 4) is 5.82 Å². The fraction of sp³-hybridized carbons (Fsp3) is 0.500. The molecule has 0 spiro atoms. The van der Waals surface area contributed by atoms with E-state index in [1.165, 1.54) is 4.31 Å². The molecule has 3 heterocycles. The Kier molecular flexibility index (Phi) is 6.22. The topological polar surface area (TPSA) is 97.2 Å². The maximum absolute atomic E-state index is 12.5. The van der Waals surface area contributed by atoms with E-state index in [-0.39, 0.29) is 24.1 Å². The lowest BCUT2D eigenvalue weighted by atomic mass is 9.99. The van der Waals surface area contributed by atoms with Crippen molar-refractivity contribution in [1.82, 2.24) is 24.4 Å². The molecular formula is C18H25N5O3S. The molecule has 146 valence electrons. The van der Waals surface area contributed by atoms with Gasteiger partial charge in [0.15, 0.2) is 5.82 Å². The van der Waals surface area contributed by atoms with Crippen LogP contribution in [0.2, 0.25) is 0 Å². The third-order valence-electron chi connectivity index (χ3n) is 4.63. The zero-order valence-electron chi connectivity index (χ0n) is 15.4. The van der Waals surface area contributed by atoms with Crippen LogP contribution in [0.1, 0.15) is 31.7 Å². The number of hydrogen-bond donors (Lipinski definition) is 1. The Morgan fingerprint density at radius 3 is 2.96 bits per heavy atom. The molecule has 2 aromatic rings. The Morgan fingerprint density at radius 2 is 2.22 bits per heavy atom. The van der Waals surface area contributed by atoms with Crippen LogP contribution in [-0.4, -0.2) is 52.2 Å². The highest BCUT2D eigenvalue weighted by molar-refractivity contribution is 7.89. The number of nitrogens with zero attached hydrogens (tertiary/aromatic N) is 4. The number of carbonyl (C=O) groups excluding carboxylic acids is 1. The minimum atomic E-state index is -3.26. The van der Waals surface area contributed by atoms with Gasteiger partial charge in [-0.25, -0.2) is 22.4 Å². The van der Waals surface area contributed by atoms with E-state index >= 15 is 0 Å². The number of amides is 1. The molecule has 1 amide bonds. The van der Waals surface area contributed by atoms with Crippen molar-refractivity contribution in [2.24, 2.45) is 5.92 Å². The van der Waals surface area contributed by atoms with Crippen LogP contribution in [0.5, 0.6) is 0 Å². The van der Waals surface area contributed by atoms with Crippen LogP contribution in [0.3, 0.4) is 0 Å². The van der Waals surface area contributed by atoms with E-state index in [4.69, 9.17) is 0 Å². The van der Waals surface area contributed by atoms with Crippen LogP contribution in [0.4, 0.5) is 0 Å². The molecule has 1 fully saturated rings. The normalized spacial score (nSPS) is 18.3. The number of aromatic nitrogens is 3. The zero-order valence-corrected chi connectivity index (χ0v) is 16.2. The lowest BCUT2D eigenvalue weighted by Gasteiger charge is -2.31. The second kappa shape index (κ2) is 8.62. The number of carbonyl (C=O) groups is 1. The van der Waals surface area contributed by atoms with Crippen LogP contribution in [0.25, 0.3) is 5.82 Å². The Hall–Kier alpha value is -2.26. The molecule has 0 bridgehead atoms. The van der Waals surface area contributed by atoms with Crippen molar-refractivity contribution in [2.75, 3.05) is 18.8 Å². The van der Waals surface area contributed by atoms with Crippen molar-refractivity contribution >= 4 is 15.9 Å². The van der Waals surface area contributed by atoms with Gasteiger partial charge in [-0.05, 0) is 43.0 Å². The van der Waals surface area contributed by atoms with Gasteiger partial charge in [0.1, 0.15) is 0 Å².